The van der Waals surface area contributed by atoms with Crippen molar-refractivity contribution >= 4 is 0 Å². The largest absolute Gasteiger partial charge is 0.396 e. The number of benzene rings is 1. The van der Waals surface area contributed by atoms with Crippen LogP contribution in [0.4, 0.5) is 0 Å². The number of hydrogen-bond donors (Lipinski definition) is 2. The second-order valence-corrected chi connectivity index (χ2v) is 5.83. The van der Waals surface area contributed by atoms with Gasteiger partial charge in [-0.3, -0.25) is 0 Å². The van der Waals surface area contributed by atoms with Gasteiger partial charge in [-0.15, -0.1) is 0 Å². The lowest BCUT2D eigenvalue weighted by atomic mass is 10.0. The molecule has 0 saturated heterocycles. The van der Waals surface area contributed by atoms with Gasteiger partial charge in [0.2, 0.25) is 0 Å². The predicted molar refractivity (Wildman–Crippen MR) is 82.2 cm³/mol. The molecule has 0 aliphatic carbocycles. The Morgan fingerprint density at radius 3 is 2.26 bits per heavy atom. The third-order valence-corrected chi connectivity index (χ3v) is 3.54. The molecule has 2 heteroatoms. The van der Waals surface area contributed by atoms with Crippen molar-refractivity contribution in [1.29, 1.82) is 0 Å². The second kappa shape index (κ2) is 9.11. The summed E-state index contributed by atoms with van der Waals surface area (Å²) in [5.41, 5.74) is 2.76. The summed E-state index contributed by atoms with van der Waals surface area (Å²) in [4.78, 5) is 0. The van der Waals surface area contributed by atoms with E-state index in [4.69, 9.17) is 5.11 Å². The van der Waals surface area contributed by atoms with Gasteiger partial charge in [0.1, 0.15) is 0 Å². The van der Waals surface area contributed by atoms with E-state index in [2.05, 4.69) is 50.4 Å². The van der Waals surface area contributed by atoms with Crippen LogP contribution in [0.3, 0.4) is 0 Å². The molecule has 1 aromatic rings. The van der Waals surface area contributed by atoms with Gasteiger partial charge < -0.3 is 10.4 Å². The molecule has 2 N–H and O–H groups in total. The summed E-state index contributed by atoms with van der Waals surface area (Å²) in [6, 6.07) is 8.92. The van der Waals surface area contributed by atoms with Gasteiger partial charge in [-0.2, -0.15) is 0 Å². The molecular weight excluding hydrogens is 234 g/mol. The minimum absolute atomic E-state index is 0.296. The third kappa shape index (κ3) is 6.74. The fraction of sp³-hybridized carbons (Fsp3) is 0.647. The Hall–Kier alpha value is -0.860. The lowest BCUT2D eigenvalue weighted by Crippen LogP contribution is -2.22. The monoisotopic (exact) mass is 263 g/mol. The normalized spacial score (nSPS) is 12.9. The maximum Gasteiger partial charge on any atom is 0.0434 e. The summed E-state index contributed by atoms with van der Waals surface area (Å²) in [6.07, 6.45) is 3.18. The molecule has 1 unspecified atom stereocenters. The van der Waals surface area contributed by atoms with Crippen LogP contribution < -0.4 is 5.32 Å². The Bertz CT molecular complexity index is 332. The van der Waals surface area contributed by atoms with E-state index in [0.29, 0.717) is 18.4 Å². The molecular formula is C17H29NO. The summed E-state index contributed by atoms with van der Waals surface area (Å²) in [5.74, 6) is 1.30. The Morgan fingerprint density at radius 1 is 1.11 bits per heavy atom. The number of nitrogens with one attached hydrogen (secondary N) is 1. The number of aliphatic hydroxyl groups is 1. The Kier molecular flexibility index (Phi) is 7.76. The molecule has 0 fully saturated rings. The van der Waals surface area contributed by atoms with Crippen molar-refractivity contribution in [2.45, 2.75) is 46.6 Å². The van der Waals surface area contributed by atoms with Crippen LogP contribution in [0.25, 0.3) is 0 Å². The summed E-state index contributed by atoms with van der Waals surface area (Å²) < 4.78 is 0. The predicted octanol–water partition coefficient (Wildman–Crippen LogP) is 3.38. The quantitative estimate of drug-likeness (QED) is 0.716. The van der Waals surface area contributed by atoms with Crippen LogP contribution in [0.15, 0.2) is 24.3 Å². The molecule has 2 nitrogen and oxygen atoms in total. The smallest absolute Gasteiger partial charge is 0.0434 e. The Labute approximate surface area is 118 Å². The lowest BCUT2D eigenvalue weighted by molar-refractivity contribution is 0.251. The molecule has 19 heavy (non-hydrogen) atoms. The highest BCUT2D eigenvalue weighted by molar-refractivity contribution is 5.22. The standard InChI is InChI=1S/C17H29NO/c1-4-15(9-10-19)12-18-13-17-7-5-16(6-8-17)11-14(2)3/h5-8,14-15,18-19H,4,9-13H2,1-3H3. The molecule has 0 saturated carbocycles. The van der Waals surface area contributed by atoms with E-state index in [-0.39, 0.29) is 0 Å². The van der Waals surface area contributed by atoms with Gasteiger partial charge in [0, 0.05) is 13.2 Å². The zero-order valence-electron chi connectivity index (χ0n) is 12.7. The van der Waals surface area contributed by atoms with Gasteiger partial charge in [-0.1, -0.05) is 51.5 Å². The van der Waals surface area contributed by atoms with Crippen LogP contribution >= 0.6 is 0 Å². The molecule has 0 heterocycles. The molecule has 0 aliphatic heterocycles. The molecule has 0 aromatic heterocycles. The SMILES string of the molecule is CCC(CCO)CNCc1ccc(CC(C)C)cc1. The lowest BCUT2D eigenvalue weighted by Gasteiger charge is -2.14. The van der Waals surface area contributed by atoms with Crippen molar-refractivity contribution in [2.75, 3.05) is 13.2 Å². The average Bonchev–Trinajstić information content (AvgIpc) is 2.39. The zero-order chi connectivity index (χ0) is 14.1. The number of aliphatic hydroxyl groups excluding tert-OH is 1. The van der Waals surface area contributed by atoms with Gasteiger partial charge in [0.05, 0.1) is 0 Å². The van der Waals surface area contributed by atoms with Crippen molar-refractivity contribution in [2.24, 2.45) is 11.8 Å². The van der Waals surface area contributed by atoms with E-state index >= 15 is 0 Å². The fourth-order valence-electron chi connectivity index (χ4n) is 2.32. The molecule has 0 amide bonds. The maximum absolute atomic E-state index is 8.96. The molecule has 0 radical (unpaired) electrons. The number of rotatable bonds is 9. The first kappa shape index (κ1) is 16.2. The Morgan fingerprint density at radius 2 is 1.74 bits per heavy atom. The summed E-state index contributed by atoms with van der Waals surface area (Å²) >= 11 is 0. The van der Waals surface area contributed by atoms with Crippen LogP contribution in [0.2, 0.25) is 0 Å². The Balaban J connectivity index is 2.33. The molecule has 108 valence electrons. The molecule has 0 spiro atoms. The minimum atomic E-state index is 0.296. The van der Waals surface area contributed by atoms with E-state index in [1.165, 1.54) is 11.1 Å². The topological polar surface area (TPSA) is 32.3 Å². The van der Waals surface area contributed by atoms with Crippen LogP contribution in [0.1, 0.15) is 44.7 Å². The minimum Gasteiger partial charge on any atom is -0.396 e. The second-order valence-electron chi connectivity index (χ2n) is 5.83. The van der Waals surface area contributed by atoms with Crippen molar-refractivity contribution in [3.05, 3.63) is 35.4 Å². The van der Waals surface area contributed by atoms with E-state index in [1.807, 2.05) is 0 Å². The van der Waals surface area contributed by atoms with Crippen molar-refractivity contribution < 1.29 is 5.11 Å². The first-order chi connectivity index (χ1) is 9.15. The van der Waals surface area contributed by atoms with Gasteiger partial charge >= 0.3 is 0 Å². The average molecular weight is 263 g/mol. The maximum atomic E-state index is 8.96. The van der Waals surface area contributed by atoms with Crippen LogP contribution in [-0.2, 0) is 13.0 Å². The highest BCUT2D eigenvalue weighted by Crippen LogP contribution is 2.10. The van der Waals surface area contributed by atoms with Gasteiger partial charge in [0.15, 0.2) is 0 Å². The highest BCUT2D eigenvalue weighted by atomic mass is 16.3. The van der Waals surface area contributed by atoms with E-state index in [0.717, 1.165) is 32.4 Å². The first-order valence-electron chi connectivity index (χ1n) is 7.55. The van der Waals surface area contributed by atoms with Gasteiger partial charge in [-0.25, -0.2) is 0 Å². The van der Waals surface area contributed by atoms with Gasteiger partial charge in [0.25, 0.3) is 0 Å². The van der Waals surface area contributed by atoms with Crippen LogP contribution in [0, 0.1) is 11.8 Å². The van der Waals surface area contributed by atoms with E-state index in [1.54, 1.807) is 0 Å². The van der Waals surface area contributed by atoms with E-state index < -0.39 is 0 Å². The van der Waals surface area contributed by atoms with Crippen molar-refractivity contribution in [3.8, 4) is 0 Å². The molecule has 1 aromatic carbocycles. The highest BCUT2D eigenvalue weighted by Gasteiger charge is 2.04. The fourth-order valence-corrected chi connectivity index (χ4v) is 2.32. The van der Waals surface area contributed by atoms with Crippen LogP contribution in [-0.4, -0.2) is 18.3 Å². The third-order valence-electron chi connectivity index (χ3n) is 3.54. The van der Waals surface area contributed by atoms with Crippen LogP contribution in [0.5, 0.6) is 0 Å². The summed E-state index contributed by atoms with van der Waals surface area (Å²) in [6.45, 7) is 8.89. The molecule has 1 atom stereocenters. The summed E-state index contributed by atoms with van der Waals surface area (Å²) in [5, 5.41) is 12.4. The van der Waals surface area contributed by atoms with Gasteiger partial charge in [-0.05, 0) is 42.3 Å². The number of hydrogen-bond acceptors (Lipinski definition) is 2. The van der Waals surface area contributed by atoms with Crippen molar-refractivity contribution in [3.63, 3.8) is 0 Å². The van der Waals surface area contributed by atoms with E-state index in [9.17, 15) is 0 Å². The molecule has 0 aliphatic rings. The zero-order valence-corrected chi connectivity index (χ0v) is 12.7. The molecule has 0 bridgehead atoms. The molecule has 1 rings (SSSR count). The summed E-state index contributed by atoms with van der Waals surface area (Å²) in [7, 11) is 0. The first-order valence-corrected chi connectivity index (χ1v) is 7.55. The van der Waals surface area contributed by atoms with Crippen molar-refractivity contribution in [1.82, 2.24) is 5.32 Å².